The Balaban J connectivity index is 2.41. The lowest BCUT2D eigenvalue weighted by atomic mass is 10.1. The zero-order chi connectivity index (χ0) is 15.1. The molecule has 104 valence electrons. The lowest BCUT2D eigenvalue weighted by molar-refractivity contribution is 0.590. The molecule has 0 unspecified atom stereocenters. The number of imidazole rings is 1. The first-order chi connectivity index (χ1) is 10.0. The molecule has 0 aliphatic heterocycles. The van der Waals surface area contributed by atoms with Crippen molar-refractivity contribution in [3.63, 3.8) is 0 Å². The maximum absolute atomic E-state index is 13.8. The monoisotopic (exact) mass is 284 g/mol. The summed E-state index contributed by atoms with van der Waals surface area (Å²) in [4.78, 5) is 3.94. The third-order valence-corrected chi connectivity index (χ3v) is 3.28. The Morgan fingerprint density at radius 2 is 2.00 bits per heavy atom. The van der Waals surface area contributed by atoms with E-state index in [0.717, 1.165) is 11.6 Å². The zero-order valence-electron chi connectivity index (χ0n) is 11.1. The van der Waals surface area contributed by atoms with Gasteiger partial charge in [-0.15, -0.1) is 0 Å². The van der Waals surface area contributed by atoms with E-state index in [-0.39, 0.29) is 17.0 Å². The van der Waals surface area contributed by atoms with Gasteiger partial charge in [-0.1, -0.05) is 6.07 Å². The largest absolute Gasteiger partial charge is 0.369 e. The minimum Gasteiger partial charge on any atom is -0.369 e. The first-order valence-corrected chi connectivity index (χ1v) is 6.15. The van der Waals surface area contributed by atoms with Crippen LogP contribution in [0.3, 0.4) is 0 Å². The van der Waals surface area contributed by atoms with Crippen LogP contribution in [0.4, 0.5) is 14.7 Å². The van der Waals surface area contributed by atoms with Crippen molar-refractivity contribution in [2.24, 2.45) is 0 Å². The number of nitrogens with zero attached hydrogens (tertiary/aromatic N) is 3. The van der Waals surface area contributed by atoms with Gasteiger partial charge in [0.15, 0.2) is 5.82 Å². The second kappa shape index (κ2) is 4.56. The highest BCUT2D eigenvalue weighted by molar-refractivity contribution is 5.82. The van der Waals surface area contributed by atoms with Crippen molar-refractivity contribution in [1.82, 2.24) is 9.55 Å². The lowest BCUT2D eigenvalue weighted by Crippen LogP contribution is -2.03. The van der Waals surface area contributed by atoms with E-state index in [1.807, 2.05) is 13.0 Å². The van der Waals surface area contributed by atoms with Crippen LogP contribution in [0.15, 0.2) is 30.3 Å². The van der Waals surface area contributed by atoms with Crippen LogP contribution in [0.25, 0.3) is 16.7 Å². The highest BCUT2D eigenvalue weighted by Crippen LogP contribution is 2.28. The molecule has 0 saturated heterocycles. The fourth-order valence-corrected chi connectivity index (χ4v) is 2.29. The van der Waals surface area contributed by atoms with Crippen molar-refractivity contribution in [3.05, 3.63) is 53.1 Å². The first-order valence-electron chi connectivity index (χ1n) is 6.15. The molecule has 0 spiro atoms. The molecule has 0 saturated carbocycles. The van der Waals surface area contributed by atoms with Gasteiger partial charge in [0.25, 0.3) is 0 Å². The molecule has 21 heavy (non-hydrogen) atoms. The van der Waals surface area contributed by atoms with Crippen molar-refractivity contribution in [2.45, 2.75) is 6.92 Å². The summed E-state index contributed by atoms with van der Waals surface area (Å²) >= 11 is 0. The third-order valence-electron chi connectivity index (χ3n) is 3.28. The molecule has 0 radical (unpaired) electrons. The molecule has 0 aliphatic rings. The van der Waals surface area contributed by atoms with E-state index < -0.39 is 11.6 Å². The minimum absolute atomic E-state index is 0.00402. The Morgan fingerprint density at radius 1 is 1.24 bits per heavy atom. The summed E-state index contributed by atoms with van der Waals surface area (Å²) in [6, 6.07) is 8.97. The molecule has 0 fully saturated rings. The molecule has 4 nitrogen and oxygen atoms in total. The predicted molar refractivity (Wildman–Crippen MR) is 74.9 cm³/mol. The topological polar surface area (TPSA) is 67.6 Å². The molecule has 2 aromatic carbocycles. The number of aromatic nitrogens is 2. The molecule has 2 N–H and O–H groups in total. The fraction of sp³-hybridized carbons (Fsp3) is 0.0667. The van der Waals surface area contributed by atoms with E-state index in [9.17, 15) is 8.78 Å². The number of hydrogen-bond donors (Lipinski definition) is 1. The summed E-state index contributed by atoms with van der Waals surface area (Å²) in [6.07, 6.45) is 0. The molecular formula is C15H10F2N4. The van der Waals surface area contributed by atoms with Crippen molar-refractivity contribution < 1.29 is 8.78 Å². The third kappa shape index (κ3) is 1.99. The zero-order valence-corrected chi connectivity index (χ0v) is 11.1. The molecule has 6 heteroatoms. The van der Waals surface area contributed by atoms with E-state index in [1.54, 1.807) is 18.2 Å². The average molecular weight is 284 g/mol. The minimum atomic E-state index is -0.774. The summed E-state index contributed by atoms with van der Waals surface area (Å²) < 4.78 is 28.7. The average Bonchev–Trinajstić information content (AvgIpc) is 2.76. The Morgan fingerprint density at radius 3 is 2.71 bits per heavy atom. The summed E-state index contributed by atoms with van der Waals surface area (Å²) in [6.45, 7) is 1.82. The van der Waals surface area contributed by atoms with E-state index in [1.165, 1.54) is 10.6 Å². The maximum Gasteiger partial charge on any atom is 0.206 e. The SMILES string of the molecule is Cc1ccc(C#N)cc1-n1c(N)nc2c(F)cc(F)cc21. The van der Waals surface area contributed by atoms with Gasteiger partial charge < -0.3 is 5.73 Å². The standard InChI is InChI=1S/C15H10F2N4/c1-8-2-3-9(7-18)4-12(8)21-13-6-10(16)5-11(17)14(13)20-15(21)19/h2-6H,1H3,(H2,19,20). The quantitative estimate of drug-likeness (QED) is 0.746. The first kappa shape index (κ1) is 13.1. The van der Waals surface area contributed by atoms with Crippen molar-refractivity contribution in [1.29, 1.82) is 5.26 Å². The molecule has 0 bridgehead atoms. The van der Waals surface area contributed by atoms with Gasteiger partial charge in [-0.25, -0.2) is 13.8 Å². The Bertz CT molecular complexity index is 906. The van der Waals surface area contributed by atoms with Crippen molar-refractivity contribution in [3.8, 4) is 11.8 Å². The van der Waals surface area contributed by atoms with Gasteiger partial charge in [0.05, 0.1) is 22.8 Å². The van der Waals surface area contributed by atoms with Crippen LogP contribution >= 0.6 is 0 Å². The molecule has 1 aromatic heterocycles. The summed E-state index contributed by atoms with van der Waals surface area (Å²) in [5.41, 5.74) is 7.87. The van der Waals surface area contributed by atoms with Crippen LogP contribution in [0.1, 0.15) is 11.1 Å². The molecule has 1 heterocycles. The lowest BCUT2D eigenvalue weighted by Gasteiger charge is -2.10. The molecule has 0 atom stereocenters. The number of fused-ring (bicyclic) bond motifs is 1. The summed E-state index contributed by atoms with van der Waals surface area (Å²) in [5, 5.41) is 9.00. The van der Waals surface area contributed by atoms with Gasteiger partial charge in [-0.05, 0) is 24.6 Å². The van der Waals surface area contributed by atoms with Crippen LogP contribution in [-0.2, 0) is 0 Å². The number of anilines is 1. The molecular weight excluding hydrogens is 274 g/mol. The number of nitrogens with two attached hydrogens (primary N) is 1. The Kier molecular flexibility index (Phi) is 2.84. The highest BCUT2D eigenvalue weighted by atomic mass is 19.1. The highest BCUT2D eigenvalue weighted by Gasteiger charge is 2.16. The summed E-state index contributed by atoms with van der Waals surface area (Å²) in [5.74, 6) is -1.45. The Labute approximate surface area is 119 Å². The summed E-state index contributed by atoms with van der Waals surface area (Å²) in [7, 11) is 0. The van der Waals surface area contributed by atoms with Crippen molar-refractivity contribution in [2.75, 3.05) is 5.73 Å². The number of halogens is 2. The number of benzene rings is 2. The van der Waals surface area contributed by atoms with Gasteiger partial charge in [-0.2, -0.15) is 5.26 Å². The Hall–Kier alpha value is -2.94. The molecule has 3 aromatic rings. The van der Waals surface area contributed by atoms with Gasteiger partial charge in [0.2, 0.25) is 5.95 Å². The molecule has 0 amide bonds. The number of hydrogen-bond acceptors (Lipinski definition) is 3. The fourth-order valence-electron chi connectivity index (χ4n) is 2.29. The molecule has 3 rings (SSSR count). The predicted octanol–water partition coefficient (Wildman–Crippen LogP) is 3.07. The number of nitrogen functional groups attached to an aromatic ring is 1. The van der Waals surface area contributed by atoms with E-state index >= 15 is 0 Å². The second-order valence-electron chi connectivity index (χ2n) is 4.67. The van der Waals surface area contributed by atoms with Crippen molar-refractivity contribution >= 4 is 17.0 Å². The van der Waals surface area contributed by atoms with Gasteiger partial charge >= 0.3 is 0 Å². The number of rotatable bonds is 1. The number of aryl methyl sites for hydroxylation is 1. The van der Waals surface area contributed by atoms with Crippen LogP contribution in [0.2, 0.25) is 0 Å². The van der Waals surface area contributed by atoms with Crippen LogP contribution in [0.5, 0.6) is 0 Å². The normalized spacial score (nSPS) is 10.8. The van der Waals surface area contributed by atoms with E-state index in [2.05, 4.69) is 4.98 Å². The van der Waals surface area contributed by atoms with Crippen LogP contribution < -0.4 is 5.73 Å². The van der Waals surface area contributed by atoms with Crippen LogP contribution in [-0.4, -0.2) is 9.55 Å². The second-order valence-corrected chi connectivity index (χ2v) is 4.67. The smallest absolute Gasteiger partial charge is 0.206 e. The van der Waals surface area contributed by atoms with E-state index in [4.69, 9.17) is 11.0 Å². The molecule has 0 aliphatic carbocycles. The number of nitriles is 1. The van der Waals surface area contributed by atoms with Crippen LogP contribution in [0, 0.1) is 29.9 Å². The van der Waals surface area contributed by atoms with Gasteiger partial charge in [-0.3, -0.25) is 4.57 Å². The van der Waals surface area contributed by atoms with E-state index in [0.29, 0.717) is 11.3 Å². The van der Waals surface area contributed by atoms with Gasteiger partial charge in [0, 0.05) is 12.1 Å². The maximum atomic E-state index is 13.8. The van der Waals surface area contributed by atoms with Gasteiger partial charge in [0.1, 0.15) is 11.3 Å².